The Kier molecular flexibility index (Phi) is 4.04. The molecule has 4 aliphatic rings. The summed E-state index contributed by atoms with van der Waals surface area (Å²) in [4.78, 5) is 24.7. The van der Waals surface area contributed by atoms with Crippen LogP contribution in [0.4, 0.5) is 0 Å². The van der Waals surface area contributed by atoms with E-state index in [1.54, 1.807) is 6.07 Å². The van der Waals surface area contributed by atoms with Gasteiger partial charge in [0, 0.05) is 10.0 Å². The molecule has 0 aromatic rings. The van der Waals surface area contributed by atoms with Gasteiger partial charge in [0.15, 0.2) is 12.4 Å². The zero-order chi connectivity index (χ0) is 16.8. The van der Waals surface area contributed by atoms with Crippen molar-refractivity contribution in [3.8, 4) is 6.07 Å². The number of hydrogen-bond donors (Lipinski definition) is 1. The van der Waals surface area contributed by atoms with Crippen LogP contribution in [0.3, 0.4) is 0 Å². The summed E-state index contributed by atoms with van der Waals surface area (Å²) in [7, 11) is 0. The zero-order valence-corrected chi connectivity index (χ0v) is 14.6. The van der Waals surface area contributed by atoms with Crippen LogP contribution in [0, 0.1) is 34.5 Å². The number of Topliss-reactive ketones (excluding diaryl/α,β-unsaturated/α-hetero) is 1. The van der Waals surface area contributed by atoms with Gasteiger partial charge in [0.1, 0.15) is 5.92 Å². The lowest BCUT2D eigenvalue weighted by Gasteiger charge is -2.58. The molecule has 2 N–H and O–H groups in total. The largest absolute Gasteiger partial charge is 0.457 e. The topological polar surface area (TPSA) is 93.2 Å². The predicted octanol–water partition coefficient (Wildman–Crippen LogP) is 2.44. The smallest absolute Gasteiger partial charge is 0.312 e. The third-order valence-corrected chi connectivity index (χ3v) is 6.52. The molecule has 0 saturated heterocycles. The third-order valence-electron chi connectivity index (χ3n) is 5.59. The normalized spacial score (nSPS) is 38.6. The number of ether oxygens (including phenoxy) is 1. The number of carbonyl (C=O) groups is 2. The second-order valence-electron chi connectivity index (χ2n) is 7.57. The molecule has 4 saturated carbocycles. The number of nitriles is 1. The van der Waals surface area contributed by atoms with Crippen LogP contribution in [-0.4, -0.2) is 22.7 Å². The maximum Gasteiger partial charge on any atom is 0.312 e. The van der Waals surface area contributed by atoms with E-state index in [2.05, 4.69) is 22.5 Å². The summed E-state index contributed by atoms with van der Waals surface area (Å²) in [5.74, 6) is -0.777. The van der Waals surface area contributed by atoms with E-state index in [4.69, 9.17) is 15.7 Å². The molecule has 0 radical (unpaired) electrons. The molecule has 0 aromatic heterocycles. The van der Waals surface area contributed by atoms with E-state index in [9.17, 15) is 9.59 Å². The van der Waals surface area contributed by atoms with Crippen LogP contribution in [-0.2, 0) is 14.3 Å². The van der Waals surface area contributed by atoms with Crippen molar-refractivity contribution >= 4 is 27.7 Å². The van der Waals surface area contributed by atoms with E-state index >= 15 is 0 Å². The van der Waals surface area contributed by atoms with Crippen LogP contribution in [0.2, 0.25) is 0 Å². The summed E-state index contributed by atoms with van der Waals surface area (Å²) in [5.41, 5.74) is 4.96. The van der Waals surface area contributed by atoms with E-state index in [1.807, 2.05) is 0 Å². The molecule has 0 unspecified atom stereocenters. The van der Waals surface area contributed by atoms with Gasteiger partial charge < -0.3 is 10.5 Å². The Balaban J connectivity index is 1.66. The first-order chi connectivity index (χ1) is 10.8. The summed E-state index contributed by atoms with van der Waals surface area (Å²) in [6.45, 7) is 3.02. The molecule has 0 amide bonds. The Morgan fingerprint density at radius 2 is 1.96 bits per heavy atom. The Hall–Kier alpha value is -1.35. The average Bonchev–Trinajstić information content (AvgIpc) is 2.42. The molecule has 4 bridgehead atoms. The van der Waals surface area contributed by atoms with Crippen LogP contribution in [0.25, 0.3) is 0 Å². The molecular weight excluding hydrogens is 360 g/mol. The molecule has 0 aliphatic heterocycles. The Morgan fingerprint density at radius 3 is 2.43 bits per heavy atom. The second-order valence-corrected chi connectivity index (χ2v) is 9.25. The molecule has 5 nitrogen and oxygen atoms in total. The van der Waals surface area contributed by atoms with Crippen LogP contribution in [0.1, 0.15) is 38.5 Å². The van der Waals surface area contributed by atoms with Crippen molar-refractivity contribution in [3.05, 3.63) is 12.3 Å². The summed E-state index contributed by atoms with van der Waals surface area (Å²) in [6.07, 6.45) is 5.95. The highest BCUT2D eigenvalue weighted by atomic mass is 79.9. The third kappa shape index (κ3) is 2.91. The number of allylic oxidation sites excluding steroid dienone is 1. The van der Waals surface area contributed by atoms with Crippen molar-refractivity contribution in [2.45, 2.75) is 42.8 Å². The first-order valence-corrected chi connectivity index (χ1v) is 8.79. The maximum atomic E-state index is 12.7. The summed E-state index contributed by atoms with van der Waals surface area (Å²) in [5, 5.41) is 8.94. The van der Waals surface area contributed by atoms with E-state index in [0.29, 0.717) is 11.8 Å². The molecule has 124 valence electrons. The number of rotatable bonds is 5. The molecule has 23 heavy (non-hydrogen) atoms. The fourth-order valence-corrected chi connectivity index (χ4v) is 6.58. The highest BCUT2D eigenvalue weighted by Crippen LogP contribution is 2.64. The number of carbonyl (C=O) groups excluding carboxylic acids is 2. The Bertz CT molecular complexity index is 595. The van der Waals surface area contributed by atoms with Gasteiger partial charge in [-0.1, -0.05) is 22.5 Å². The highest BCUT2D eigenvalue weighted by Gasteiger charge is 2.60. The van der Waals surface area contributed by atoms with Gasteiger partial charge in [-0.2, -0.15) is 5.26 Å². The summed E-state index contributed by atoms with van der Waals surface area (Å²) >= 11 is 3.85. The van der Waals surface area contributed by atoms with E-state index in [1.165, 1.54) is 6.42 Å². The molecule has 0 aromatic carbocycles. The van der Waals surface area contributed by atoms with Crippen molar-refractivity contribution in [2.75, 3.05) is 6.61 Å². The number of ketones is 1. The number of hydrogen-bond acceptors (Lipinski definition) is 5. The second kappa shape index (κ2) is 5.62. The fourth-order valence-electron chi connectivity index (χ4n) is 5.12. The highest BCUT2D eigenvalue weighted by molar-refractivity contribution is 9.10. The van der Waals surface area contributed by atoms with Crippen molar-refractivity contribution in [1.82, 2.24) is 0 Å². The lowest BCUT2D eigenvalue weighted by atomic mass is 9.49. The molecule has 0 heterocycles. The van der Waals surface area contributed by atoms with Crippen molar-refractivity contribution < 1.29 is 14.3 Å². The van der Waals surface area contributed by atoms with Gasteiger partial charge in [0.2, 0.25) is 0 Å². The molecule has 4 rings (SSSR count). The molecule has 3 atom stereocenters. The van der Waals surface area contributed by atoms with Gasteiger partial charge in [0.25, 0.3) is 0 Å². The van der Waals surface area contributed by atoms with Gasteiger partial charge in [-0.25, -0.2) is 0 Å². The number of esters is 1. The monoisotopic (exact) mass is 380 g/mol. The maximum absolute atomic E-state index is 12.7. The molecule has 6 heteroatoms. The molecule has 4 fully saturated rings. The quantitative estimate of drug-likeness (QED) is 0.583. The Labute approximate surface area is 144 Å². The van der Waals surface area contributed by atoms with Gasteiger partial charge in [-0.3, -0.25) is 9.59 Å². The first-order valence-electron chi connectivity index (χ1n) is 8.00. The lowest BCUT2D eigenvalue weighted by Crippen LogP contribution is -2.56. The molecule has 0 spiro atoms. The van der Waals surface area contributed by atoms with Crippen LogP contribution >= 0.6 is 15.9 Å². The number of alkyl halides is 1. The van der Waals surface area contributed by atoms with Crippen molar-refractivity contribution in [3.63, 3.8) is 0 Å². The van der Waals surface area contributed by atoms with Crippen molar-refractivity contribution in [2.24, 2.45) is 28.9 Å². The fraction of sp³-hybridized carbons (Fsp3) is 0.706. The van der Waals surface area contributed by atoms with Crippen LogP contribution < -0.4 is 5.73 Å². The van der Waals surface area contributed by atoms with Crippen LogP contribution in [0.5, 0.6) is 0 Å². The molecule has 4 aliphatic carbocycles. The van der Waals surface area contributed by atoms with E-state index in [0.717, 1.165) is 32.1 Å². The lowest BCUT2D eigenvalue weighted by molar-refractivity contribution is -0.171. The minimum absolute atomic E-state index is 0.0113. The van der Waals surface area contributed by atoms with Gasteiger partial charge >= 0.3 is 5.97 Å². The minimum atomic E-state index is -1.11. The molecular formula is C17H21BrN2O3. The van der Waals surface area contributed by atoms with Gasteiger partial charge in [0.05, 0.1) is 11.5 Å². The van der Waals surface area contributed by atoms with E-state index in [-0.39, 0.29) is 16.0 Å². The summed E-state index contributed by atoms with van der Waals surface area (Å²) in [6, 6.07) is 1.79. The predicted molar refractivity (Wildman–Crippen MR) is 87.2 cm³/mol. The number of nitrogens with two attached hydrogens (primary N) is 1. The SMILES string of the molecule is C=C(N)[C@H](C#N)C(=O)COC(=O)C12C[C@@H]3C[C@H](CC(Br)(C3)C1)C2. The summed E-state index contributed by atoms with van der Waals surface area (Å²) < 4.78 is 5.37. The zero-order valence-electron chi connectivity index (χ0n) is 13.0. The number of nitrogens with zero attached hydrogens (tertiary/aromatic N) is 1. The number of halogens is 1. The van der Waals surface area contributed by atoms with E-state index < -0.39 is 23.7 Å². The first kappa shape index (κ1) is 16.5. The van der Waals surface area contributed by atoms with Crippen LogP contribution in [0.15, 0.2) is 12.3 Å². The minimum Gasteiger partial charge on any atom is -0.457 e. The Morgan fingerprint density at radius 1 is 1.35 bits per heavy atom. The van der Waals surface area contributed by atoms with Gasteiger partial charge in [-0.15, -0.1) is 0 Å². The standard InChI is InChI=1S/C17H21BrN2O3/c1-10(20)13(7-19)14(21)8-23-15(22)16-3-11-2-12(4-16)6-17(18,5-11)9-16/h11-13H,1-6,8-9,20H2/t11-,12-,13-,16?,17?/m0/s1. The average molecular weight is 381 g/mol. The van der Waals surface area contributed by atoms with Gasteiger partial charge in [-0.05, 0) is 50.4 Å². The van der Waals surface area contributed by atoms with Crippen molar-refractivity contribution in [1.29, 1.82) is 5.26 Å².